The molecular formula is C9H13N3O5. The lowest BCUT2D eigenvalue weighted by atomic mass is 10.1. The van der Waals surface area contributed by atoms with Crippen molar-refractivity contribution in [2.24, 2.45) is 5.73 Å². The molecular weight excluding hydrogens is 230 g/mol. The number of ether oxygens (including phenoxy) is 1. The molecule has 0 aromatic carbocycles. The van der Waals surface area contributed by atoms with E-state index in [1.807, 2.05) is 0 Å². The van der Waals surface area contributed by atoms with Crippen LogP contribution in [-0.2, 0) is 4.74 Å². The number of aliphatic hydroxyl groups excluding tert-OH is 2. The molecule has 17 heavy (non-hydrogen) atoms. The fraction of sp³-hybridized carbons (Fsp3) is 0.556. The van der Waals surface area contributed by atoms with E-state index in [0.717, 1.165) is 10.6 Å². The van der Waals surface area contributed by atoms with Crippen molar-refractivity contribution in [1.29, 1.82) is 0 Å². The second-order valence-corrected chi connectivity index (χ2v) is 3.83. The van der Waals surface area contributed by atoms with Gasteiger partial charge in [0.1, 0.15) is 12.2 Å². The fourth-order valence-electron chi connectivity index (χ4n) is 1.80. The minimum atomic E-state index is -1.07. The maximum atomic E-state index is 11.5. The van der Waals surface area contributed by atoms with Crippen LogP contribution in [0.25, 0.3) is 0 Å². The Bertz CT molecular complexity index is 510. The molecule has 8 nitrogen and oxygen atoms in total. The Morgan fingerprint density at radius 2 is 2.24 bits per heavy atom. The Kier molecular flexibility index (Phi) is 3.11. The van der Waals surface area contributed by atoms with E-state index in [4.69, 9.17) is 15.6 Å². The Balaban J connectivity index is 2.35. The van der Waals surface area contributed by atoms with Crippen molar-refractivity contribution in [3.63, 3.8) is 0 Å². The molecule has 94 valence electrons. The van der Waals surface area contributed by atoms with Crippen LogP contribution in [0.3, 0.4) is 0 Å². The molecule has 0 spiro atoms. The average molecular weight is 243 g/mol. The molecule has 0 aliphatic carbocycles. The lowest BCUT2D eigenvalue weighted by Gasteiger charge is -2.17. The van der Waals surface area contributed by atoms with Crippen molar-refractivity contribution in [3.8, 4) is 0 Å². The largest absolute Gasteiger partial charge is 0.394 e. The first-order chi connectivity index (χ1) is 8.04. The summed E-state index contributed by atoms with van der Waals surface area (Å²) in [7, 11) is 0. The summed E-state index contributed by atoms with van der Waals surface area (Å²) < 4.78 is 6.33. The van der Waals surface area contributed by atoms with E-state index in [9.17, 15) is 14.7 Å². The van der Waals surface area contributed by atoms with Gasteiger partial charge in [0.25, 0.3) is 5.56 Å². The number of nitrogens with two attached hydrogens (primary N) is 1. The monoisotopic (exact) mass is 243 g/mol. The Morgan fingerprint density at radius 1 is 1.53 bits per heavy atom. The Hall–Kier alpha value is -1.48. The molecule has 0 saturated carbocycles. The molecule has 2 rings (SSSR count). The van der Waals surface area contributed by atoms with E-state index in [1.54, 1.807) is 0 Å². The molecule has 1 aromatic heterocycles. The van der Waals surface area contributed by atoms with Gasteiger partial charge in [0.2, 0.25) is 0 Å². The molecule has 0 amide bonds. The minimum absolute atomic E-state index is 0.399. The highest BCUT2D eigenvalue weighted by molar-refractivity contribution is 4.94. The van der Waals surface area contributed by atoms with Crippen LogP contribution in [0, 0.1) is 0 Å². The van der Waals surface area contributed by atoms with Crippen LogP contribution in [-0.4, -0.2) is 44.6 Å². The number of H-pyrrole nitrogens is 1. The zero-order valence-electron chi connectivity index (χ0n) is 8.81. The van der Waals surface area contributed by atoms with Gasteiger partial charge in [-0.1, -0.05) is 0 Å². The molecule has 5 N–H and O–H groups in total. The molecule has 1 aromatic rings. The number of aromatic amines is 1. The standard InChI is InChI=1S/C9H13N3O5/c10-6-7(15)4(3-13)17-8(6)12-2-1-5(14)11-9(12)16/h1-2,4,6-8,13,15H,3,10H2,(H,11,14,16). The van der Waals surface area contributed by atoms with Crippen LogP contribution in [0.4, 0.5) is 0 Å². The van der Waals surface area contributed by atoms with Crippen molar-refractivity contribution in [2.75, 3.05) is 6.61 Å². The predicted molar refractivity (Wildman–Crippen MR) is 56.3 cm³/mol. The highest BCUT2D eigenvalue weighted by Gasteiger charge is 2.42. The number of hydrogen-bond acceptors (Lipinski definition) is 6. The van der Waals surface area contributed by atoms with E-state index in [-0.39, 0.29) is 0 Å². The van der Waals surface area contributed by atoms with Gasteiger partial charge in [-0.3, -0.25) is 14.3 Å². The number of nitrogens with one attached hydrogen (secondary N) is 1. The molecule has 2 heterocycles. The van der Waals surface area contributed by atoms with Crippen LogP contribution in [0.5, 0.6) is 0 Å². The molecule has 1 aliphatic rings. The Morgan fingerprint density at radius 3 is 2.76 bits per heavy atom. The van der Waals surface area contributed by atoms with Crippen LogP contribution in [0.15, 0.2) is 21.9 Å². The second-order valence-electron chi connectivity index (χ2n) is 3.83. The van der Waals surface area contributed by atoms with Crippen molar-refractivity contribution >= 4 is 0 Å². The summed E-state index contributed by atoms with van der Waals surface area (Å²) in [6.07, 6.45) is -1.58. The van der Waals surface area contributed by atoms with Crippen LogP contribution in [0.1, 0.15) is 6.23 Å². The molecule has 0 radical (unpaired) electrons. The summed E-state index contributed by atoms with van der Waals surface area (Å²) in [5.41, 5.74) is 4.48. The molecule has 1 fully saturated rings. The van der Waals surface area contributed by atoms with Gasteiger partial charge in [0.05, 0.1) is 12.6 Å². The second kappa shape index (κ2) is 4.41. The number of hydrogen-bond donors (Lipinski definition) is 4. The van der Waals surface area contributed by atoms with E-state index in [2.05, 4.69) is 4.98 Å². The first-order valence-electron chi connectivity index (χ1n) is 5.06. The number of nitrogens with zero attached hydrogens (tertiary/aromatic N) is 1. The summed E-state index contributed by atoms with van der Waals surface area (Å²) >= 11 is 0. The zero-order valence-corrected chi connectivity index (χ0v) is 8.81. The van der Waals surface area contributed by atoms with Crippen molar-refractivity contribution in [1.82, 2.24) is 9.55 Å². The van der Waals surface area contributed by atoms with Crippen LogP contribution >= 0.6 is 0 Å². The van der Waals surface area contributed by atoms with E-state index < -0.39 is 42.3 Å². The highest BCUT2D eigenvalue weighted by Crippen LogP contribution is 2.26. The predicted octanol–water partition coefficient (Wildman–Crippen LogP) is -2.89. The average Bonchev–Trinajstić information content (AvgIpc) is 2.57. The van der Waals surface area contributed by atoms with Crippen molar-refractivity contribution < 1.29 is 14.9 Å². The summed E-state index contributed by atoms with van der Waals surface area (Å²) in [6.45, 7) is -0.399. The molecule has 1 aliphatic heterocycles. The van der Waals surface area contributed by atoms with Gasteiger partial charge in [0, 0.05) is 12.3 Å². The molecule has 0 bridgehead atoms. The van der Waals surface area contributed by atoms with Gasteiger partial charge in [-0.15, -0.1) is 0 Å². The topological polar surface area (TPSA) is 131 Å². The van der Waals surface area contributed by atoms with Gasteiger partial charge in [-0.05, 0) is 0 Å². The third kappa shape index (κ3) is 2.03. The van der Waals surface area contributed by atoms with Crippen LogP contribution in [0.2, 0.25) is 0 Å². The van der Waals surface area contributed by atoms with Gasteiger partial charge in [-0.2, -0.15) is 0 Å². The van der Waals surface area contributed by atoms with E-state index in [1.165, 1.54) is 6.20 Å². The maximum absolute atomic E-state index is 11.5. The van der Waals surface area contributed by atoms with Gasteiger partial charge in [0.15, 0.2) is 6.23 Å². The summed E-state index contributed by atoms with van der Waals surface area (Å²) in [4.78, 5) is 24.5. The van der Waals surface area contributed by atoms with E-state index in [0.29, 0.717) is 0 Å². The zero-order chi connectivity index (χ0) is 12.6. The summed E-state index contributed by atoms with van der Waals surface area (Å²) in [5, 5.41) is 18.6. The normalized spacial score (nSPS) is 32.9. The smallest absolute Gasteiger partial charge is 0.330 e. The van der Waals surface area contributed by atoms with Gasteiger partial charge < -0.3 is 20.7 Å². The van der Waals surface area contributed by atoms with Crippen molar-refractivity contribution in [2.45, 2.75) is 24.5 Å². The number of aliphatic hydroxyl groups is 2. The first-order valence-corrected chi connectivity index (χ1v) is 5.06. The number of aromatic nitrogens is 2. The highest BCUT2D eigenvalue weighted by atomic mass is 16.5. The van der Waals surface area contributed by atoms with Crippen molar-refractivity contribution in [3.05, 3.63) is 33.1 Å². The quantitative estimate of drug-likeness (QED) is 0.441. The lowest BCUT2D eigenvalue weighted by Crippen LogP contribution is -2.42. The summed E-state index contributed by atoms with van der Waals surface area (Å²) in [6, 6.07) is 0.298. The molecule has 4 atom stereocenters. The third-order valence-electron chi connectivity index (χ3n) is 2.72. The Labute approximate surface area is 95.3 Å². The molecule has 1 saturated heterocycles. The lowest BCUT2D eigenvalue weighted by molar-refractivity contribution is -0.0465. The summed E-state index contributed by atoms with van der Waals surface area (Å²) in [5.74, 6) is 0. The first kappa shape index (κ1) is 12.0. The number of rotatable bonds is 2. The van der Waals surface area contributed by atoms with Crippen LogP contribution < -0.4 is 17.0 Å². The minimum Gasteiger partial charge on any atom is -0.394 e. The molecule has 4 unspecified atom stereocenters. The SMILES string of the molecule is NC1C(O)C(CO)OC1n1ccc(=O)[nH]c1=O. The third-order valence-corrected chi connectivity index (χ3v) is 2.72. The van der Waals surface area contributed by atoms with Gasteiger partial charge in [-0.25, -0.2) is 4.79 Å². The maximum Gasteiger partial charge on any atom is 0.330 e. The fourth-order valence-corrected chi connectivity index (χ4v) is 1.80. The molecule has 8 heteroatoms. The van der Waals surface area contributed by atoms with E-state index >= 15 is 0 Å². The van der Waals surface area contributed by atoms with Gasteiger partial charge >= 0.3 is 5.69 Å².